The SMILES string of the molecule is CCCc1noc(C(C)OC(=O)c2ccc(COCC(F)(F)F)cc2)n1. The van der Waals surface area contributed by atoms with Gasteiger partial charge in [-0.15, -0.1) is 0 Å². The van der Waals surface area contributed by atoms with Crippen molar-refractivity contribution in [2.75, 3.05) is 6.61 Å². The van der Waals surface area contributed by atoms with Crippen LogP contribution in [0.3, 0.4) is 0 Å². The van der Waals surface area contributed by atoms with Gasteiger partial charge in [-0.05, 0) is 31.0 Å². The highest BCUT2D eigenvalue weighted by atomic mass is 19.4. The molecule has 0 amide bonds. The molecule has 0 bridgehead atoms. The molecule has 1 unspecified atom stereocenters. The fourth-order valence-corrected chi connectivity index (χ4v) is 2.06. The van der Waals surface area contributed by atoms with Gasteiger partial charge in [0.15, 0.2) is 11.9 Å². The molecule has 2 rings (SSSR count). The summed E-state index contributed by atoms with van der Waals surface area (Å²) >= 11 is 0. The number of hydrogen-bond donors (Lipinski definition) is 0. The molecule has 0 aliphatic rings. The molecular formula is C17H19F3N2O4. The number of halogens is 3. The van der Waals surface area contributed by atoms with Crippen molar-refractivity contribution in [3.63, 3.8) is 0 Å². The summed E-state index contributed by atoms with van der Waals surface area (Å²) in [5.74, 6) is 0.156. The van der Waals surface area contributed by atoms with Crippen molar-refractivity contribution in [1.29, 1.82) is 0 Å². The number of alkyl halides is 3. The van der Waals surface area contributed by atoms with E-state index in [4.69, 9.17) is 9.26 Å². The molecule has 0 saturated heterocycles. The Morgan fingerprint density at radius 3 is 2.58 bits per heavy atom. The van der Waals surface area contributed by atoms with Crippen molar-refractivity contribution in [1.82, 2.24) is 10.1 Å². The minimum Gasteiger partial charge on any atom is -0.449 e. The molecule has 2 aromatic rings. The largest absolute Gasteiger partial charge is 0.449 e. The summed E-state index contributed by atoms with van der Waals surface area (Å²) < 4.78 is 51.0. The third kappa shape index (κ3) is 6.14. The molecule has 26 heavy (non-hydrogen) atoms. The molecule has 1 atom stereocenters. The molecule has 1 aromatic heterocycles. The van der Waals surface area contributed by atoms with E-state index in [0.29, 0.717) is 17.8 Å². The molecule has 1 aromatic carbocycles. The third-order valence-electron chi connectivity index (χ3n) is 3.31. The number of carbonyl (C=O) groups excluding carboxylic acids is 1. The zero-order chi connectivity index (χ0) is 19.2. The van der Waals surface area contributed by atoms with E-state index < -0.39 is 24.9 Å². The Bertz CT molecular complexity index is 714. The third-order valence-corrected chi connectivity index (χ3v) is 3.31. The molecule has 142 valence electrons. The van der Waals surface area contributed by atoms with Gasteiger partial charge < -0.3 is 14.0 Å². The Hall–Kier alpha value is -2.42. The first kappa shape index (κ1) is 19.9. The Labute approximate surface area is 148 Å². The number of carbonyl (C=O) groups is 1. The number of aromatic nitrogens is 2. The highest BCUT2D eigenvalue weighted by Gasteiger charge is 2.27. The van der Waals surface area contributed by atoms with Crippen molar-refractivity contribution in [2.24, 2.45) is 0 Å². The Balaban J connectivity index is 1.88. The summed E-state index contributed by atoms with van der Waals surface area (Å²) in [6.07, 6.45) is -3.55. The first-order valence-corrected chi connectivity index (χ1v) is 8.05. The number of rotatable bonds is 8. The van der Waals surface area contributed by atoms with Crippen molar-refractivity contribution >= 4 is 5.97 Å². The lowest BCUT2D eigenvalue weighted by Crippen LogP contribution is -2.16. The van der Waals surface area contributed by atoms with Crippen molar-refractivity contribution in [3.8, 4) is 0 Å². The van der Waals surface area contributed by atoms with Crippen molar-refractivity contribution < 1.29 is 32.0 Å². The Kier molecular flexibility index (Phi) is 6.73. The van der Waals surface area contributed by atoms with Crippen molar-refractivity contribution in [3.05, 3.63) is 47.1 Å². The maximum Gasteiger partial charge on any atom is 0.411 e. The lowest BCUT2D eigenvalue weighted by atomic mass is 10.1. The van der Waals surface area contributed by atoms with Gasteiger partial charge in [-0.1, -0.05) is 24.2 Å². The van der Waals surface area contributed by atoms with Crippen LogP contribution in [0.1, 0.15) is 54.0 Å². The zero-order valence-electron chi connectivity index (χ0n) is 14.4. The Morgan fingerprint density at radius 1 is 1.27 bits per heavy atom. The van der Waals surface area contributed by atoms with E-state index in [1.165, 1.54) is 24.3 Å². The summed E-state index contributed by atoms with van der Waals surface area (Å²) in [4.78, 5) is 16.3. The molecule has 0 aliphatic heterocycles. The highest BCUT2D eigenvalue weighted by molar-refractivity contribution is 5.89. The first-order valence-electron chi connectivity index (χ1n) is 8.05. The number of nitrogens with zero attached hydrogens (tertiary/aromatic N) is 2. The molecule has 0 spiro atoms. The van der Waals surface area contributed by atoms with Crippen molar-refractivity contribution in [2.45, 2.75) is 45.6 Å². The van der Waals surface area contributed by atoms with Gasteiger partial charge in [-0.25, -0.2) is 4.79 Å². The monoisotopic (exact) mass is 372 g/mol. The predicted molar refractivity (Wildman–Crippen MR) is 84.3 cm³/mol. The fourth-order valence-electron chi connectivity index (χ4n) is 2.06. The quantitative estimate of drug-likeness (QED) is 0.652. The molecule has 9 heteroatoms. The molecule has 0 aliphatic carbocycles. The summed E-state index contributed by atoms with van der Waals surface area (Å²) in [6, 6.07) is 5.92. The lowest BCUT2D eigenvalue weighted by Gasteiger charge is -2.10. The van der Waals surface area contributed by atoms with Crippen LogP contribution in [0.4, 0.5) is 13.2 Å². The number of hydrogen-bond acceptors (Lipinski definition) is 6. The van der Waals surface area contributed by atoms with Crippen LogP contribution in [0.5, 0.6) is 0 Å². The summed E-state index contributed by atoms with van der Waals surface area (Å²) in [5.41, 5.74) is 0.768. The van der Waals surface area contributed by atoms with E-state index in [1.807, 2.05) is 6.92 Å². The second-order valence-corrected chi connectivity index (χ2v) is 5.65. The number of ether oxygens (including phenoxy) is 2. The first-order chi connectivity index (χ1) is 12.3. The zero-order valence-corrected chi connectivity index (χ0v) is 14.4. The lowest BCUT2D eigenvalue weighted by molar-refractivity contribution is -0.176. The van der Waals surface area contributed by atoms with Gasteiger partial charge in [0.05, 0.1) is 12.2 Å². The molecule has 0 radical (unpaired) electrons. The average Bonchev–Trinajstić information content (AvgIpc) is 3.03. The van der Waals surface area contributed by atoms with E-state index in [-0.39, 0.29) is 18.1 Å². The van der Waals surface area contributed by atoms with E-state index in [2.05, 4.69) is 14.9 Å². The maximum atomic E-state index is 12.1. The smallest absolute Gasteiger partial charge is 0.411 e. The van der Waals surface area contributed by atoms with E-state index in [1.54, 1.807) is 6.92 Å². The van der Waals surface area contributed by atoms with Gasteiger partial charge in [-0.3, -0.25) is 0 Å². The summed E-state index contributed by atoms with van der Waals surface area (Å²) in [6.45, 7) is 2.07. The maximum absolute atomic E-state index is 12.1. The van der Waals surface area contributed by atoms with Crippen LogP contribution in [0.15, 0.2) is 28.8 Å². The molecule has 1 heterocycles. The highest BCUT2D eigenvalue weighted by Crippen LogP contribution is 2.19. The fraction of sp³-hybridized carbons (Fsp3) is 0.471. The second-order valence-electron chi connectivity index (χ2n) is 5.65. The minimum absolute atomic E-state index is 0.201. The number of aryl methyl sites for hydroxylation is 1. The predicted octanol–water partition coefficient (Wildman–Crippen LogP) is 4.02. The van der Waals surface area contributed by atoms with E-state index >= 15 is 0 Å². The second kappa shape index (κ2) is 8.79. The van der Waals surface area contributed by atoms with Crippen LogP contribution in [-0.2, 0) is 22.5 Å². The van der Waals surface area contributed by atoms with E-state index in [9.17, 15) is 18.0 Å². The molecule has 0 N–H and O–H groups in total. The van der Waals surface area contributed by atoms with Gasteiger partial charge in [0, 0.05) is 6.42 Å². The van der Waals surface area contributed by atoms with Crippen LogP contribution in [0.2, 0.25) is 0 Å². The van der Waals surface area contributed by atoms with Gasteiger partial charge in [0.25, 0.3) is 5.89 Å². The van der Waals surface area contributed by atoms with Crippen LogP contribution in [0, 0.1) is 0 Å². The molecule has 0 saturated carbocycles. The average molecular weight is 372 g/mol. The molecule has 0 fully saturated rings. The van der Waals surface area contributed by atoms with Gasteiger partial charge in [-0.2, -0.15) is 18.2 Å². The summed E-state index contributed by atoms with van der Waals surface area (Å²) in [5, 5.41) is 3.79. The minimum atomic E-state index is -4.37. The van der Waals surface area contributed by atoms with Crippen LogP contribution in [0.25, 0.3) is 0 Å². The summed E-state index contributed by atoms with van der Waals surface area (Å²) in [7, 11) is 0. The van der Waals surface area contributed by atoms with Crippen LogP contribution < -0.4 is 0 Å². The van der Waals surface area contributed by atoms with Gasteiger partial charge in [0.1, 0.15) is 6.61 Å². The van der Waals surface area contributed by atoms with E-state index in [0.717, 1.165) is 6.42 Å². The normalized spacial score (nSPS) is 12.8. The Morgan fingerprint density at radius 2 is 1.96 bits per heavy atom. The van der Waals surface area contributed by atoms with Crippen LogP contribution in [-0.4, -0.2) is 28.9 Å². The standard InChI is InChI=1S/C17H19F3N2O4/c1-3-4-14-21-15(26-22-14)11(2)25-16(23)13-7-5-12(6-8-13)9-24-10-17(18,19)20/h5-8,11H,3-4,9-10H2,1-2H3. The molecular weight excluding hydrogens is 353 g/mol. The number of esters is 1. The van der Waals surface area contributed by atoms with Crippen LogP contribution >= 0.6 is 0 Å². The van der Waals surface area contributed by atoms with Gasteiger partial charge >= 0.3 is 12.1 Å². The molecule has 6 nitrogen and oxygen atoms in total. The topological polar surface area (TPSA) is 74.5 Å². The van der Waals surface area contributed by atoms with Gasteiger partial charge in [0.2, 0.25) is 0 Å². The number of benzene rings is 1.